The van der Waals surface area contributed by atoms with Gasteiger partial charge in [0.1, 0.15) is 12.8 Å². The van der Waals surface area contributed by atoms with E-state index < -0.39 is 6.17 Å². The smallest absolute Gasteiger partial charge is 0.248 e. The summed E-state index contributed by atoms with van der Waals surface area (Å²) >= 11 is 0. The van der Waals surface area contributed by atoms with Gasteiger partial charge in [0.2, 0.25) is 11.8 Å². The zero-order valence-corrected chi connectivity index (χ0v) is 21.9. The molecule has 0 aromatic carbocycles. The highest BCUT2D eigenvalue weighted by molar-refractivity contribution is 5.82. The van der Waals surface area contributed by atoms with Crippen molar-refractivity contribution in [3.8, 4) is 0 Å². The molecule has 0 spiro atoms. The maximum atomic E-state index is 15.3. The van der Waals surface area contributed by atoms with Crippen LogP contribution < -0.4 is 10.6 Å². The van der Waals surface area contributed by atoms with E-state index in [1.807, 2.05) is 4.90 Å². The van der Waals surface area contributed by atoms with Crippen LogP contribution in [0.5, 0.6) is 0 Å². The molecule has 3 aliphatic heterocycles. The van der Waals surface area contributed by atoms with Gasteiger partial charge in [-0.1, -0.05) is 19.8 Å². The lowest BCUT2D eigenvalue weighted by atomic mass is 9.60. The molecule has 0 radical (unpaired) electrons. The second kappa shape index (κ2) is 10.1. The molecule has 5 unspecified atom stereocenters. The van der Waals surface area contributed by atoms with E-state index in [1.54, 1.807) is 0 Å². The molecule has 6 fully saturated rings. The average Bonchev–Trinajstić information content (AvgIpc) is 3.56. The molecule has 3 saturated heterocycles. The van der Waals surface area contributed by atoms with Crippen LogP contribution in [0.3, 0.4) is 0 Å². The summed E-state index contributed by atoms with van der Waals surface area (Å²) in [5.74, 6) is 1.09. The minimum Gasteiger partial charge on any atom is -0.369 e. The molecule has 6 rings (SSSR count). The first kappa shape index (κ1) is 25.1. The van der Waals surface area contributed by atoms with Crippen LogP contribution in [0, 0.1) is 17.8 Å². The highest BCUT2D eigenvalue weighted by Gasteiger charge is 2.60. The van der Waals surface area contributed by atoms with Crippen LogP contribution in [0.25, 0.3) is 0 Å². The van der Waals surface area contributed by atoms with Crippen molar-refractivity contribution in [3.05, 3.63) is 0 Å². The molecule has 8 atom stereocenters. The number of piperazine rings is 1. The summed E-state index contributed by atoms with van der Waals surface area (Å²) in [6.45, 7) is 5.68. The number of rotatable bonds is 4. The Morgan fingerprint density at radius 2 is 1.89 bits per heavy atom. The predicted molar refractivity (Wildman–Crippen MR) is 135 cm³/mol. The molecule has 6 aliphatic rings. The number of carbonyl (C=O) groups excluding carboxylic acids is 2. The van der Waals surface area contributed by atoms with Gasteiger partial charge in [0.05, 0.1) is 18.7 Å². The third-order valence-electron chi connectivity index (χ3n) is 10.9. The minimum absolute atomic E-state index is 0.0316. The number of nitrogens with zero attached hydrogens (tertiary/aromatic N) is 2. The van der Waals surface area contributed by atoms with Gasteiger partial charge in [-0.3, -0.25) is 19.8 Å². The van der Waals surface area contributed by atoms with E-state index in [0.717, 1.165) is 51.7 Å². The van der Waals surface area contributed by atoms with Crippen LogP contribution in [-0.2, 0) is 14.3 Å². The molecule has 202 valence electrons. The highest BCUT2D eigenvalue weighted by atomic mass is 19.1. The van der Waals surface area contributed by atoms with Gasteiger partial charge in [-0.15, -0.1) is 0 Å². The number of ether oxygens (including phenoxy) is 1. The Kier molecular flexibility index (Phi) is 7.06. The average molecular weight is 505 g/mol. The van der Waals surface area contributed by atoms with Gasteiger partial charge in [-0.25, -0.2) is 4.39 Å². The Morgan fingerprint density at radius 1 is 1.06 bits per heavy atom. The van der Waals surface area contributed by atoms with Crippen molar-refractivity contribution < 1.29 is 18.7 Å². The summed E-state index contributed by atoms with van der Waals surface area (Å²) in [7, 11) is 0. The molecule has 3 aliphatic carbocycles. The van der Waals surface area contributed by atoms with E-state index in [1.165, 1.54) is 25.7 Å². The van der Waals surface area contributed by atoms with Crippen molar-refractivity contribution in [1.82, 2.24) is 20.4 Å². The fourth-order valence-corrected chi connectivity index (χ4v) is 9.10. The number of fused-ring (bicyclic) bond motifs is 2. The van der Waals surface area contributed by atoms with Crippen molar-refractivity contribution in [1.29, 1.82) is 0 Å². The molecule has 0 aromatic heterocycles. The molecule has 3 heterocycles. The Balaban J connectivity index is 1.08. The van der Waals surface area contributed by atoms with E-state index >= 15 is 4.39 Å². The molecule has 3 saturated carbocycles. The first-order valence-electron chi connectivity index (χ1n) is 14.8. The molecule has 0 bridgehead atoms. The van der Waals surface area contributed by atoms with E-state index in [9.17, 15) is 9.59 Å². The quantitative estimate of drug-likeness (QED) is 0.616. The summed E-state index contributed by atoms with van der Waals surface area (Å²) in [5, 5.41) is 7.21. The van der Waals surface area contributed by atoms with Gasteiger partial charge >= 0.3 is 0 Å². The van der Waals surface area contributed by atoms with Crippen LogP contribution in [0.1, 0.15) is 77.6 Å². The number of hydrogen-bond acceptors (Lipinski definition) is 5. The van der Waals surface area contributed by atoms with Gasteiger partial charge in [-0.2, -0.15) is 0 Å². The summed E-state index contributed by atoms with van der Waals surface area (Å²) in [4.78, 5) is 30.2. The normalized spacial score (nSPS) is 44.3. The zero-order valence-electron chi connectivity index (χ0n) is 21.9. The molecule has 7 nitrogen and oxygen atoms in total. The van der Waals surface area contributed by atoms with Crippen molar-refractivity contribution >= 4 is 11.8 Å². The maximum Gasteiger partial charge on any atom is 0.248 e. The lowest BCUT2D eigenvalue weighted by Gasteiger charge is -2.50. The number of nitrogens with one attached hydrogen (secondary N) is 2. The Morgan fingerprint density at radius 3 is 2.72 bits per heavy atom. The van der Waals surface area contributed by atoms with Crippen LogP contribution in [-0.4, -0.2) is 90.3 Å². The summed E-state index contributed by atoms with van der Waals surface area (Å²) < 4.78 is 20.8. The number of morpholine rings is 1. The number of alkyl halides is 1. The molecular formula is C28H45FN4O3. The SMILES string of the molecule is CC1CCC(F)C2CC(C(=O)N[C@@H]3CCC[C@@H](N4CCN5C(=O)COC[C@H]5C4)C3)NC12C1CCCC1. The number of carbonyl (C=O) groups is 2. The molecule has 8 heteroatoms. The summed E-state index contributed by atoms with van der Waals surface area (Å²) in [6, 6.07) is 0.485. The van der Waals surface area contributed by atoms with Crippen LogP contribution in [0.2, 0.25) is 0 Å². The third-order valence-corrected chi connectivity index (χ3v) is 10.9. The number of halogens is 1. The van der Waals surface area contributed by atoms with Crippen LogP contribution in [0.4, 0.5) is 4.39 Å². The second-order valence-corrected chi connectivity index (χ2v) is 12.7. The standard InChI is InChI=1S/C28H45FN4O3/c1-18-9-10-24(29)23-14-25(31-28(18,23)19-5-2-3-6-19)27(35)30-20-7-4-8-21(13-20)32-11-12-33-22(15-32)16-36-17-26(33)34/h18-25,31H,2-17H2,1H3,(H,30,35)/t18?,20-,21-,22-,23?,24?,25?,28?/m1/s1. The fraction of sp³-hybridized carbons (Fsp3) is 0.929. The van der Waals surface area contributed by atoms with E-state index in [0.29, 0.717) is 37.3 Å². The molecule has 2 amide bonds. The van der Waals surface area contributed by atoms with Gasteiger partial charge in [0.15, 0.2) is 0 Å². The Hall–Kier alpha value is -1.25. The second-order valence-electron chi connectivity index (χ2n) is 12.7. The summed E-state index contributed by atoms with van der Waals surface area (Å²) in [5.41, 5.74) is -0.204. The van der Waals surface area contributed by atoms with Crippen molar-refractivity contribution in [3.63, 3.8) is 0 Å². The third kappa shape index (κ3) is 4.39. The van der Waals surface area contributed by atoms with Crippen molar-refractivity contribution in [2.45, 2.75) is 113 Å². The number of hydrogen-bond donors (Lipinski definition) is 2. The molecule has 36 heavy (non-hydrogen) atoms. The summed E-state index contributed by atoms with van der Waals surface area (Å²) in [6.07, 6.45) is 10.4. The predicted octanol–water partition coefficient (Wildman–Crippen LogP) is 2.63. The lowest BCUT2D eigenvalue weighted by Crippen LogP contribution is -2.63. The van der Waals surface area contributed by atoms with Crippen LogP contribution in [0.15, 0.2) is 0 Å². The van der Waals surface area contributed by atoms with E-state index in [2.05, 4.69) is 22.5 Å². The monoisotopic (exact) mass is 504 g/mol. The first-order chi connectivity index (χ1) is 17.5. The van der Waals surface area contributed by atoms with E-state index in [4.69, 9.17) is 4.74 Å². The van der Waals surface area contributed by atoms with Crippen molar-refractivity contribution in [2.24, 2.45) is 17.8 Å². The minimum atomic E-state index is -0.791. The lowest BCUT2D eigenvalue weighted by molar-refractivity contribution is -0.153. The van der Waals surface area contributed by atoms with Gasteiger partial charge in [0, 0.05) is 43.2 Å². The molecule has 0 aromatic rings. The van der Waals surface area contributed by atoms with Crippen molar-refractivity contribution in [2.75, 3.05) is 32.8 Å². The van der Waals surface area contributed by atoms with Gasteiger partial charge < -0.3 is 15.0 Å². The first-order valence-corrected chi connectivity index (χ1v) is 14.8. The fourth-order valence-electron chi connectivity index (χ4n) is 9.10. The van der Waals surface area contributed by atoms with E-state index in [-0.39, 0.29) is 48.0 Å². The Bertz CT molecular complexity index is 838. The Labute approximate surface area is 215 Å². The topological polar surface area (TPSA) is 73.9 Å². The maximum absolute atomic E-state index is 15.3. The van der Waals surface area contributed by atoms with Gasteiger partial charge in [-0.05, 0) is 69.6 Å². The molecule has 2 N–H and O–H groups in total. The highest BCUT2D eigenvalue weighted by Crippen LogP contribution is 2.54. The number of amides is 2. The molecular weight excluding hydrogens is 459 g/mol. The van der Waals surface area contributed by atoms with Crippen LogP contribution >= 0.6 is 0 Å². The largest absolute Gasteiger partial charge is 0.369 e. The zero-order chi connectivity index (χ0) is 24.9. The van der Waals surface area contributed by atoms with Gasteiger partial charge in [0.25, 0.3) is 0 Å².